The number of anilines is 1. The summed E-state index contributed by atoms with van der Waals surface area (Å²) < 4.78 is 1.68. The van der Waals surface area contributed by atoms with Gasteiger partial charge in [-0.3, -0.25) is 14.8 Å². The van der Waals surface area contributed by atoms with Gasteiger partial charge in [0.15, 0.2) is 5.82 Å². The Bertz CT molecular complexity index is 362. The lowest BCUT2D eigenvalue weighted by molar-refractivity contribution is 0.114. The number of nitrogens with zero attached hydrogens (tertiary/aromatic N) is 2. The summed E-state index contributed by atoms with van der Waals surface area (Å²) in [6.45, 7) is 4.19. The van der Waals surface area contributed by atoms with Crippen molar-refractivity contribution in [3.63, 3.8) is 0 Å². The first kappa shape index (κ1) is 12.5. The Morgan fingerprint density at radius 1 is 1.69 bits per heavy atom. The topological polar surface area (TPSA) is 68.2 Å². The molecule has 0 saturated carbocycles. The Hall–Kier alpha value is -1.56. The SMILES string of the molecule is CCC(C)c1cn(C)nc1NC(=O)NOC. The molecule has 1 aromatic heterocycles. The first-order valence-corrected chi connectivity index (χ1v) is 5.22. The minimum absolute atomic E-state index is 0.353. The molecule has 6 nitrogen and oxygen atoms in total. The molecule has 1 aromatic rings. The van der Waals surface area contributed by atoms with Gasteiger partial charge in [-0.05, 0) is 12.3 Å². The molecule has 0 spiro atoms. The third-order valence-corrected chi connectivity index (χ3v) is 2.43. The standard InChI is InChI=1S/C10H18N4O2/c1-5-7(2)8-6-14(3)12-9(8)11-10(15)13-16-4/h6-7H,5H2,1-4H3,(H2,11,12,13,15). The van der Waals surface area contributed by atoms with Crippen LogP contribution in [0.15, 0.2) is 6.20 Å². The van der Waals surface area contributed by atoms with Crippen LogP contribution in [0.2, 0.25) is 0 Å². The minimum atomic E-state index is -0.425. The van der Waals surface area contributed by atoms with Crippen molar-refractivity contribution in [2.45, 2.75) is 26.2 Å². The zero-order valence-corrected chi connectivity index (χ0v) is 10.1. The zero-order valence-electron chi connectivity index (χ0n) is 10.1. The maximum atomic E-state index is 11.3. The third-order valence-electron chi connectivity index (χ3n) is 2.43. The van der Waals surface area contributed by atoms with Crippen LogP contribution in [0.1, 0.15) is 31.7 Å². The molecule has 0 fully saturated rings. The van der Waals surface area contributed by atoms with Gasteiger partial charge in [-0.1, -0.05) is 13.8 Å². The van der Waals surface area contributed by atoms with Crippen LogP contribution < -0.4 is 10.8 Å². The molecule has 0 radical (unpaired) electrons. The number of hydrogen-bond donors (Lipinski definition) is 2. The maximum absolute atomic E-state index is 11.3. The summed E-state index contributed by atoms with van der Waals surface area (Å²) >= 11 is 0. The molecule has 0 aliphatic rings. The molecule has 1 rings (SSSR count). The van der Waals surface area contributed by atoms with Crippen molar-refractivity contribution in [2.75, 3.05) is 12.4 Å². The second kappa shape index (κ2) is 5.50. The number of rotatable bonds is 4. The highest BCUT2D eigenvalue weighted by Crippen LogP contribution is 2.25. The van der Waals surface area contributed by atoms with Crippen molar-refractivity contribution in [1.29, 1.82) is 0 Å². The number of aryl methyl sites for hydroxylation is 1. The van der Waals surface area contributed by atoms with Crippen molar-refractivity contribution >= 4 is 11.8 Å². The van der Waals surface area contributed by atoms with Gasteiger partial charge >= 0.3 is 6.03 Å². The average molecular weight is 226 g/mol. The van der Waals surface area contributed by atoms with E-state index < -0.39 is 6.03 Å². The number of amides is 2. The number of hydrogen-bond acceptors (Lipinski definition) is 3. The van der Waals surface area contributed by atoms with Crippen LogP contribution in [-0.4, -0.2) is 22.9 Å². The third kappa shape index (κ3) is 2.96. The second-order valence-electron chi connectivity index (χ2n) is 3.68. The average Bonchev–Trinajstić information content (AvgIpc) is 2.58. The molecule has 6 heteroatoms. The summed E-state index contributed by atoms with van der Waals surface area (Å²) in [5.41, 5.74) is 3.21. The number of carbonyl (C=O) groups excluding carboxylic acids is 1. The number of hydroxylamine groups is 1. The molecule has 1 heterocycles. The largest absolute Gasteiger partial charge is 0.344 e. The van der Waals surface area contributed by atoms with Crippen LogP contribution >= 0.6 is 0 Å². The van der Waals surface area contributed by atoms with Gasteiger partial charge in [-0.25, -0.2) is 10.3 Å². The second-order valence-corrected chi connectivity index (χ2v) is 3.68. The summed E-state index contributed by atoms with van der Waals surface area (Å²) in [6.07, 6.45) is 2.91. The van der Waals surface area contributed by atoms with Crippen molar-refractivity contribution in [3.8, 4) is 0 Å². The van der Waals surface area contributed by atoms with Crippen LogP contribution in [0.3, 0.4) is 0 Å². The zero-order chi connectivity index (χ0) is 12.1. The van der Waals surface area contributed by atoms with Gasteiger partial charge in [-0.15, -0.1) is 0 Å². The Labute approximate surface area is 94.9 Å². The van der Waals surface area contributed by atoms with Crippen molar-refractivity contribution in [1.82, 2.24) is 15.3 Å². The van der Waals surface area contributed by atoms with Gasteiger partial charge in [0.05, 0.1) is 7.11 Å². The van der Waals surface area contributed by atoms with E-state index in [9.17, 15) is 4.79 Å². The van der Waals surface area contributed by atoms with E-state index in [-0.39, 0.29) is 0 Å². The molecule has 0 saturated heterocycles. The van der Waals surface area contributed by atoms with Gasteiger partial charge in [0.2, 0.25) is 0 Å². The minimum Gasteiger partial charge on any atom is -0.289 e. The molecule has 16 heavy (non-hydrogen) atoms. The summed E-state index contributed by atoms with van der Waals surface area (Å²) in [6, 6.07) is -0.425. The maximum Gasteiger partial charge on any atom is 0.344 e. The van der Waals surface area contributed by atoms with Crippen molar-refractivity contribution in [2.24, 2.45) is 7.05 Å². The predicted octanol–water partition coefficient (Wildman–Crippen LogP) is 1.62. The number of nitrogens with one attached hydrogen (secondary N) is 2. The summed E-state index contributed by atoms with van der Waals surface area (Å²) in [5, 5.41) is 6.83. The van der Waals surface area contributed by atoms with E-state index in [1.165, 1.54) is 7.11 Å². The van der Waals surface area contributed by atoms with E-state index in [0.29, 0.717) is 11.7 Å². The van der Waals surface area contributed by atoms with Gasteiger partial charge < -0.3 is 0 Å². The van der Waals surface area contributed by atoms with Crippen LogP contribution in [0.4, 0.5) is 10.6 Å². The highest BCUT2D eigenvalue weighted by atomic mass is 16.6. The Balaban J connectivity index is 2.82. The smallest absolute Gasteiger partial charge is 0.289 e. The first-order chi connectivity index (χ1) is 7.58. The van der Waals surface area contributed by atoms with Crippen LogP contribution in [-0.2, 0) is 11.9 Å². The van der Waals surface area contributed by atoms with Gasteiger partial charge in [-0.2, -0.15) is 5.10 Å². The fraction of sp³-hybridized carbons (Fsp3) is 0.600. The van der Waals surface area contributed by atoms with E-state index in [4.69, 9.17) is 0 Å². The van der Waals surface area contributed by atoms with E-state index in [2.05, 4.69) is 34.6 Å². The fourth-order valence-electron chi connectivity index (χ4n) is 1.41. The van der Waals surface area contributed by atoms with Crippen LogP contribution in [0.5, 0.6) is 0 Å². The van der Waals surface area contributed by atoms with Crippen molar-refractivity contribution in [3.05, 3.63) is 11.8 Å². The van der Waals surface area contributed by atoms with Gasteiger partial charge in [0.1, 0.15) is 0 Å². The Morgan fingerprint density at radius 3 is 2.94 bits per heavy atom. The highest BCUT2D eigenvalue weighted by Gasteiger charge is 2.15. The molecule has 2 amide bonds. The molecule has 90 valence electrons. The molecule has 2 N–H and O–H groups in total. The lowest BCUT2D eigenvalue weighted by atomic mass is 10.0. The van der Waals surface area contributed by atoms with Crippen LogP contribution in [0.25, 0.3) is 0 Å². The number of carbonyl (C=O) groups is 1. The van der Waals surface area contributed by atoms with E-state index in [0.717, 1.165) is 12.0 Å². The van der Waals surface area contributed by atoms with E-state index >= 15 is 0 Å². The molecule has 1 unspecified atom stereocenters. The summed E-state index contributed by atoms with van der Waals surface area (Å²) in [4.78, 5) is 15.8. The lowest BCUT2D eigenvalue weighted by Gasteiger charge is -2.09. The predicted molar refractivity (Wildman–Crippen MR) is 61.1 cm³/mol. The molecule has 0 aliphatic heterocycles. The van der Waals surface area contributed by atoms with E-state index in [1.54, 1.807) is 4.68 Å². The molecule has 0 bridgehead atoms. The van der Waals surface area contributed by atoms with Gasteiger partial charge in [0, 0.05) is 18.8 Å². The van der Waals surface area contributed by atoms with E-state index in [1.807, 2.05) is 13.2 Å². The molecule has 0 aromatic carbocycles. The normalized spacial score (nSPS) is 12.2. The number of aromatic nitrogens is 2. The fourth-order valence-corrected chi connectivity index (χ4v) is 1.41. The quantitative estimate of drug-likeness (QED) is 0.766. The molecular weight excluding hydrogens is 208 g/mol. The molecular formula is C10H18N4O2. The lowest BCUT2D eigenvalue weighted by Crippen LogP contribution is -2.28. The highest BCUT2D eigenvalue weighted by molar-refractivity contribution is 5.88. The monoisotopic (exact) mass is 226 g/mol. The molecule has 1 atom stereocenters. The summed E-state index contributed by atoms with van der Waals surface area (Å²) in [5.74, 6) is 0.929. The van der Waals surface area contributed by atoms with Crippen molar-refractivity contribution < 1.29 is 9.63 Å². The first-order valence-electron chi connectivity index (χ1n) is 5.22. The molecule has 0 aliphatic carbocycles. The summed E-state index contributed by atoms with van der Waals surface area (Å²) in [7, 11) is 3.21. The Kier molecular flexibility index (Phi) is 4.30. The Morgan fingerprint density at radius 2 is 2.38 bits per heavy atom. The van der Waals surface area contributed by atoms with Crippen LogP contribution in [0, 0.1) is 0 Å². The number of urea groups is 1. The van der Waals surface area contributed by atoms with Gasteiger partial charge in [0.25, 0.3) is 0 Å².